The molecular weight excluding hydrogens is 290 g/mol. The van der Waals surface area contributed by atoms with E-state index in [1.54, 1.807) is 12.1 Å². The smallest absolute Gasteiger partial charge is 0.221 e. The van der Waals surface area contributed by atoms with Gasteiger partial charge in [-0.05, 0) is 6.07 Å². The topological polar surface area (TPSA) is 30.0 Å². The van der Waals surface area contributed by atoms with Crippen LogP contribution >= 0.6 is 22.9 Å². The highest BCUT2D eigenvalue weighted by Gasteiger charge is 2.14. The van der Waals surface area contributed by atoms with Gasteiger partial charge in [-0.3, -0.25) is 4.79 Å². The van der Waals surface area contributed by atoms with Crippen LogP contribution in [0, 0.1) is 0 Å². The molecule has 0 aliphatic carbocycles. The number of nitrogens with zero attached hydrogens (tertiary/aromatic N) is 1. The van der Waals surface area contributed by atoms with E-state index in [2.05, 4.69) is 4.98 Å². The lowest BCUT2D eigenvalue weighted by Crippen LogP contribution is -2.00. The van der Waals surface area contributed by atoms with Crippen LogP contribution in [0.2, 0.25) is 5.02 Å². The quantitative estimate of drug-likeness (QED) is 0.656. The fourth-order valence-corrected chi connectivity index (χ4v) is 2.90. The van der Waals surface area contributed by atoms with Crippen molar-refractivity contribution in [3.63, 3.8) is 0 Å². The molecule has 0 spiro atoms. The lowest BCUT2D eigenvalue weighted by Gasteiger charge is -1.99. The summed E-state index contributed by atoms with van der Waals surface area (Å²) in [5.41, 5.74) is 2.23. The average Bonchev–Trinajstić information content (AvgIpc) is 2.97. The molecule has 3 rings (SSSR count). The molecule has 0 aliphatic heterocycles. The van der Waals surface area contributed by atoms with Crippen molar-refractivity contribution in [3.05, 3.63) is 75.6 Å². The van der Waals surface area contributed by atoms with Gasteiger partial charge in [0.2, 0.25) is 5.78 Å². The zero-order chi connectivity index (χ0) is 13.9. The van der Waals surface area contributed by atoms with E-state index in [0.717, 1.165) is 11.3 Å². The first kappa shape index (κ1) is 13.0. The molecule has 1 aromatic heterocycles. The minimum Gasteiger partial charge on any atom is -0.286 e. The first-order valence-electron chi connectivity index (χ1n) is 6.06. The Bertz CT molecular complexity index is 752. The van der Waals surface area contributed by atoms with Gasteiger partial charge in [0.05, 0.1) is 5.69 Å². The second-order valence-electron chi connectivity index (χ2n) is 4.21. The third-order valence-electron chi connectivity index (χ3n) is 2.88. The summed E-state index contributed by atoms with van der Waals surface area (Å²) >= 11 is 7.48. The van der Waals surface area contributed by atoms with E-state index in [4.69, 9.17) is 11.6 Å². The summed E-state index contributed by atoms with van der Waals surface area (Å²) in [5.74, 6) is -0.0612. The molecule has 0 unspecified atom stereocenters. The molecule has 4 heteroatoms. The number of benzene rings is 2. The highest BCUT2D eigenvalue weighted by Crippen LogP contribution is 2.29. The molecule has 0 N–H and O–H groups in total. The molecule has 0 bridgehead atoms. The van der Waals surface area contributed by atoms with Gasteiger partial charge in [-0.15, -0.1) is 11.3 Å². The first-order valence-corrected chi connectivity index (χ1v) is 7.31. The molecule has 20 heavy (non-hydrogen) atoms. The van der Waals surface area contributed by atoms with E-state index >= 15 is 0 Å². The van der Waals surface area contributed by atoms with E-state index in [-0.39, 0.29) is 5.78 Å². The maximum atomic E-state index is 12.3. The number of halogens is 1. The van der Waals surface area contributed by atoms with Crippen molar-refractivity contribution >= 4 is 28.7 Å². The van der Waals surface area contributed by atoms with Crippen molar-refractivity contribution in [1.82, 2.24) is 4.98 Å². The Balaban J connectivity index is 1.95. The van der Waals surface area contributed by atoms with Crippen LogP contribution in [0.3, 0.4) is 0 Å². The number of carbonyl (C=O) groups is 1. The molecular formula is C16H10ClNOS. The third kappa shape index (κ3) is 2.50. The van der Waals surface area contributed by atoms with Crippen LogP contribution in [0.1, 0.15) is 15.4 Å². The average molecular weight is 300 g/mol. The van der Waals surface area contributed by atoms with E-state index < -0.39 is 0 Å². The molecule has 0 amide bonds. The summed E-state index contributed by atoms with van der Waals surface area (Å²) in [6, 6.07) is 16.6. The molecule has 0 atom stereocenters. The van der Waals surface area contributed by atoms with Crippen LogP contribution in [-0.4, -0.2) is 10.8 Å². The van der Waals surface area contributed by atoms with Gasteiger partial charge in [-0.2, -0.15) is 0 Å². The van der Waals surface area contributed by atoms with Gasteiger partial charge in [0.15, 0.2) is 5.01 Å². The van der Waals surface area contributed by atoms with Gasteiger partial charge in [0.1, 0.15) is 0 Å². The lowest BCUT2D eigenvalue weighted by atomic mass is 10.1. The molecule has 0 aliphatic rings. The third-order valence-corrected chi connectivity index (χ3v) is 4.05. The van der Waals surface area contributed by atoms with Gasteiger partial charge >= 0.3 is 0 Å². The predicted octanol–water partition coefficient (Wildman–Crippen LogP) is 4.69. The minimum absolute atomic E-state index is 0.0612. The van der Waals surface area contributed by atoms with Crippen molar-refractivity contribution in [2.75, 3.05) is 0 Å². The normalized spacial score (nSPS) is 10.4. The Labute approximate surface area is 125 Å². The second kappa shape index (κ2) is 5.57. The fraction of sp³-hybridized carbons (Fsp3) is 0. The molecule has 0 saturated carbocycles. The molecule has 1 heterocycles. The van der Waals surface area contributed by atoms with Crippen molar-refractivity contribution in [2.45, 2.75) is 0 Å². The highest BCUT2D eigenvalue weighted by atomic mass is 35.5. The molecule has 0 saturated heterocycles. The number of hydrogen-bond donors (Lipinski definition) is 0. The maximum absolute atomic E-state index is 12.3. The van der Waals surface area contributed by atoms with E-state index in [1.165, 1.54) is 11.3 Å². The van der Waals surface area contributed by atoms with Crippen LogP contribution in [-0.2, 0) is 0 Å². The Morgan fingerprint density at radius 3 is 2.45 bits per heavy atom. The number of hydrogen-bond acceptors (Lipinski definition) is 3. The first-order chi connectivity index (χ1) is 9.75. The van der Waals surface area contributed by atoms with E-state index in [9.17, 15) is 4.79 Å². The summed E-state index contributed by atoms with van der Waals surface area (Å²) in [5, 5.41) is 2.97. The Kier molecular flexibility index (Phi) is 3.63. The molecule has 0 radical (unpaired) electrons. The number of aromatic nitrogens is 1. The monoisotopic (exact) mass is 299 g/mol. The Morgan fingerprint density at radius 2 is 1.70 bits per heavy atom. The molecule has 2 aromatic carbocycles. The highest BCUT2D eigenvalue weighted by molar-refractivity contribution is 7.12. The van der Waals surface area contributed by atoms with Crippen molar-refractivity contribution < 1.29 is 4.79 Å². The summed E-state index contributed by atoms with van der Waals surface area (Å²) < 4.78 is 0. The van der Waals surface area contributed by atoms with Crippen LogP contribution in [0.5, 0.6) is 0 Å². The maximum Gasteiger partial charge on any atom is 0.221 e. The summed E-state index contributed by atoms with van der Waals surface area (Å²) in [7, 11) is 0. The SMILES string of the molecule is O=C(c1ccccc1)c1nc(-c2ccccc2Cl)cs1. The number of carbonyl (C=O) groups excluding carboxylic acids is 1. The molecule has 0 fully saturated rings. The number of rotatable bonds is 3. The van der Waals surface area contributed by atoms with E-state index in [1.807, 2.05) is 47.8 Å². The standard InChI is InChI=1S/C16H10ClNOS/c17-13-9-5-4-8-12(13)14-10-20-16(18-14)15(19)11-6-2-1-3-7-11/h1-10H. The van der Waals surface area contributed by atoms with Gasteiger partial charge in [0.25, 0.3) is 0 Å². The minimum atomic E-state index is -0.0612. The summed E-state index contributed by atoms with van der Waals surface area (Å²) in [4.78, 5) is 16.7. The van der Waals surface area contributed by atoms with Crippen molar-refractivity contribution in [2.24, 2.45) is 0 Å². The van der Waals surface area contributed by atoms with Crippen molar-refractivity contribution in [1.29, 1.82) is 0 Å². The molecule has 2 nitrogen and oxygen atoms in total. The zero-order valence-electron chi connectivity index (χ0n) is 10.4. The summed E-state index contributed by atoms with van der Waals surface area (Å²) in [6.07, 6.45) is 0. The number of thiazole rings is 1. The summed E-state index contributed by atoms with van der Waals surface area (Å²) in [6.45, 7) is 0. The predicted molar refractivity (Wildman–Crippen MR) is 82.4 cm³/mol. The van der Waals surface area contributed by atoms with Crippen LogP contribution in [0.25, 0.3) is 11.3 Å². The fourth-order valence-electron chi connectivity index (χ4n) is 1.88. The van der Waals surface area contributed by atoms with Gasteiger partial charge in [-0.25, -0.2) is 4.98 Å². The molecule has 3 aromatic rings. The van der Waals surface area contributed by atoms with Gasteiger partial charge in [0, 0.05) is 21.5 Å². The van der Waals surface area contributed by atoms with E-state index in [0.29, 0.717) is 15.6 Å². The largest absolute Gasteiger partial charge is 0.286 e. The van der Waals surface area contributed by atoms with Gasteiger partial charge < -0.3 is 0 Å². The second-order valence-corrected chi connectivity index (χ2v) is 5.48. The Hall–Kier alpha value is -1.97. The lowest BCUT2D eigenvalue weighted by molar-refractivity contribution is 0.103. The Morgan fingerprint density at radius 1 is 1.00 bits per heavy atom. The van der Waals surface area contributed by atoms with Crippen LogP contribution in [0.4, 0.5) is 0 Å². The number of ketones is 1. The molecule has 98 valence electrons. The van der Waals surface area contributed by atoms with Gasteiger partial charge in [-0.1, -0.05) is 60.1 Å². The zero-order valence-corrected chi connectivity index (χ0v) is 12.0. The van der Waals surface area contributed by atoms with Crippen molar-refractivity contribution in [3.8, 4) is 11.3 Å². The van der Waals surface area contributed by atoms with Crippen LogP contribution < -0.4 is 0 Å². The van der Waals surface area contributed by atoms with Crippen LogP contribution in [0.15, 0.2) is 60.0 Å².